The van der Waals surface area contributed by atoms with Gasteiger partial charge in [-0.15, -0.1) is 0 Å². The van der Waals surface area contributed by atoms with E-state index in [2.05, 4.69) is 34.6 Å². The zero-order valence-corrected chi connectivity index (χ0v) is 40.4. The van der Waals surface area contributed by atoms with E-state index in [0.717, 1.165) is 69.6 Å². The maximum absolute atomic E-state index is 12.8. The molecule has 6 nitrogen and oxygen atoms in total. The lowest BCUT2D eigenvalue weighted by atomic mass is 10.0. The summed E-state index contributed by atoms with van der Waals surface area (Å²) < 4.78 is 16.8. The molecule has 0 aromatic rings. The van der Waals surface area contributed by atoms with Crippen molar-refractivity contribution in [3.8, 4) is 0 Å². The Hall–Kier alpha value is -1.59. The molecule has 0 saturated heterocycles. The van der Waals surface area contributed by atoms with Crippen LogP contribution < -0.4 is 0 Å². The van der Waals surface area contributed by atoms with Gasteiger partial charge in [0.2, 0.25) is 0 Å². The molecule has 6 heteroatoms. The van der Waals surface area contributed by atoms with Crippen LogP contribution in [0.3, 0.4) is 0 Å². The number of carbonyl (C=O) groups excluding carboxylic acids is 3. The fraction of sp³-hybridized carbons (Fsp3) is 0.943. The average molecular weight is 835 g/mol. The first-order chi connectivity index (χ1) is 28.7. The lowest BCUT2D eigenvalue weighted by Gasteiger charge is -2.18. The van der Waals surface area contributed by atoms with Crippen LogP contribution in [0.25, 0.3) is 0 Å². The smallest absolute Gasteiger partial charge is 0.306 e. The summed E-state index contributed by atoms with van der Waals surface area (Å²) in [5.74, 6) is 0.825. The second-order valence-electron chi connectivity index (χ2n) is 19.1. The van der Waals surface area contributed by atoms with Crippen LogP contribution in [-0.2, 0) is 28.6 Å². The molecule has 0 unspecified atom stereocenters. The lowest BCUT2D eigenvalue weighted by molar-refractivity contribution is -0.167. The van der Waals surface area contributed by atoms with Crippen molar-refractivity contribution in [2.24, 2.45) is 11.8 Å². The highest BCUT2D eigenvalue weighted by Gasteiger charge is 2.19. The number of ether oxygens (including phenoxy) is 3. The summed E-state index contributed by atoms with van der Waals surface area (Å²) in [4.78, 5) is 37.9. The number of hydrogen-bond acceptors (Lipinski definition) is 6. The van der Waals surface area contributed by atoms with Crippen molar-refractivity contribution >= 4 is 17.9 Å². The van der Waals surface area contributed by atoms with Crippen LogP contribution in [-0.4, -0.2) is 37.2 Å². The molecule has 59 heavy (non-hydrogen) atoms. The highest BCUT2D eigenvalue weighted by atomic mass is 16.6. The third kappa shape index (κ3) is 47.3. The Balaban J connectivity index is 4.24. The zero-order chi connectivity index (χ0) is 43.3. The van der Waals surface area contributed by atoms with Crippen molar-refractivity contribution in [3.05, 3.63) is 0 Å². The van der Waals surface area contributed by atoms with Gasteiger partial charge in [-0.25, -0.2) is 0 Å². The molecule has 350 valence electrons. The molecule has 0 aromatic carbocycles. The summed E-state index contributed by atoms with van der Waals surface area (Å²) in [7, 11) is 0. The van der Waals surface area contributed by atoms with E-state index in [1.54, 1.807) is 0 Å². The van der Waals surface area contributed by atoms with Crippen molar-refractivity contribution in [2.45, 2.75) is 298 Å². The Morgan fingerprint density at radius 3 is 0.831 bits per heavy atom. The molecule has 1 atom stereocenters. The largest absolute Gasteiger partial charge is 0.462 e. The van der Waals surface area contributed by atoms with E-state index < -0.39 is 6.10 Å². The first-order valence-electron chi connectivity index (χ1n) is 26.2. The van der Waals surface area contributed by atoms with Crippen LogP contribution in [0.2, 0.25) is 0 Å². The molecule has 0 rings (SSSR count). The summed E-state index contributed by atoms with van der Waals surface area (Å²) in [6.45, 7) is 11.4. The third-order valence-corrected chi connectivity index (χ3v) is 12.0. The van der Waals surface area contributed by atoms with Crippen molar-refractivity contribution in [1.29, 1.82) is 0 Å². The van der Waals surface area contributed by atoms with Crippen molar-refractivity contribution in [2.75, 3.05) is 13.2 Å². The molecule has 0 aliphatic carbocycles. The van der Waals surface area contributed by atoms with Crippen molar-refractivity contribution < 1.29 is 28.6 Å². The Morgan fingerprint density at radius 2 is 0.559 bits per heavy atom. The molecular weight excluding hydrogens is 733 g/mol. The average Bonchev–Trinajstić information content (AvgIpc) is 3.20. The van der Waals surface area contributed by atoms with E-state index in [4.69, 9.17) is 14.2 Å². The second-order valence-corrected chi connectivity index (χ2v) is 19.1. The first-order valence-corrected chi connectivity index (χ1v) is 26.2. The van der Waals surface area contributed by atoms with Crippen LogP contribution in [0.15, 0.2) is 0 Å². The predicted molar refractivity (Wildman–Crippen MR) is 252 cm³/mol. The summed E-state index contributed by atoms with van der Waals surface area (Å²) in [5, 5.41) is 0. The number of hydrogen-bond donors (Lipinski definition) is 0. The summed E-state index contributed by atoms with van der Waals surface area (Å²) in [6, 6.07) is 0. The van der Waals surface area contributed by atoms with Crippen LogP contribution in [0.4, 0.5) is 0 Å². The molecule has 0 spiro atoms. The molecule has 0 N–H and O–H groups in total. The molecule has 0 heterocycles. The number of unbranched alkanes of at least 4 members (excludes halogenated alkanes) is 32. The monoisotopic (exact) mass is 835 g/mol. The van der Waals surface area contributed by atoms with Crippen molar-refractivity contribution in [1.82, 2.24) is 0 Å². The third-order valence-electron chi connectivity index (χ3n) is 12.0. The highest BCUT2D eigenvalue weighted by Crippen LogP contribution is 2.17. The standard InChI is InChI=1S/C53H102O6/c1-6-7-8-9-10-21-28-33-38-43-51(54)57-46-50(59-53(56)45-40-35-30-25-20-16-18-23-27-32-37-42-49(4)5)47-58-52(55)44-39-34-29-24-19-15-13-11-12-14-17-22-26-31-36-41-48(2)3/h48-50H,6-47H2,1-5H3/t50-/m1/s1. The molecule has 0 radical (unpaired) electrons. The van der Waals surface area contributed by atoms with Crippen LogP contribution in [0.5, 0.6) is 0 Å². The van der Waals surface area contributed by atoms with Gasteiger partial charge < -0.3 is 14.2 Å². The van der Waals surface area contributed by atoms with Gasteiger partial charge in [0.05, 0.1) is 0 Å². The van der Waals surface area contributed by atoms with E-state index in [-0.39, 0.29) is 31.1 Å². The Labute approximate surface area is 368 Å². The Kier molecular flexibility index (Phi) is 44.7. The number of esters is 3. The summed E-state index contributed by atoms with van der Waals surface area (Å²) in [6.07, 6.45) is 46.6. The van der Waals surface area contributed by atoms with Gasteiger partial charge in [-0.2, -0.15) is 0 Å². The lowest BCUT2D eigenvalue weighted by Crippen LogP contribution is -2.30. The van der Waals surface area contributed by atoms with Gasteiger partial charge >= 0.3 is 17.9 Å². The number of rotatable bonds is 47. The molecule has 0 fully saturated rings. The van der Waals surface area contributed by atoms with Crippen molar-refractivity contribution in [3.63, 3.8) is 0 Å². The Morgan fingerprint density at radius 1 is 0.322 bits per heavy atom. The molecule has 0 aliphatic rings. The summed E-state index contributed by atoms with van der Waals surface area (Å²) in [5.41, 5.74) is 0. The normalized spacial score (nSPS) is 12.1. The minimum absolute atomic E-state index is 0.0636. The minimum atomic E-state index is -0.761. The van der Waals surface area contributed by atoms with Gasteiger partial charge in [0, 0.05) is 19.3 Å². The van der Waals surface area contributed by atoms with Gasteiger partial charge in [0.15, 0.2) is 6.10 Å². The topological polar surface area (TPSA) is 78.9 Å². The zero-order valence-electron chi connectivity index (χ0n) is 40.4. The van der Waals surface area contributed by atoms with Gasteiger partial charge in [-0.3, -0.25) is 14.4 Å². The van der Waals surface area contributed by atoms with E-state index in [9.17, 15) is 14.4 Å². The van der Waals surface area contributed by atoms with E-state index in [0.29, 0.717) is 19.3 Å². The maximum Gasteiger partial charge on any atom is 0.306 e. The van der Waals surface area contributed by atoms with E-state index in [1.165, 1.54) is 180 Å². The number of carbonyl (C=O) groups is 3. The Bertz CT molecular complexity index is 900. The first kappa shape index (κ1) is 57.4. The van der Waals surface area contributed by atoms with Gasteiger partial charge in [-0.05, 0) is 31.1 Å². The second kappa shape index (κ2) is 45.9. The SMILES string of the molecule is CCCCCCCCCCCC(=O)OC[C@H](COC(=O)CCCCCCCCCCCCCCCCCC(C)C)OC(=O)CCCCCCCCCCCCCC(C)C. The quantitative estimate of drug-likeness (QED) is 0.0345. The van der Waals surface area contributed by atoms with Gasteiger partial charge in [0.1, 0.15) is 13.2 Å². The van der Waals surface area contributed by atoms with Gasteiger partial charge in [0.25, 0.3) is 0 Å². The fourth-order valence-corrected chi connectivity index (χ4v) is 7.99. The maximum atomic E-state index is 12.8. The summed E-state index contributed by atoms with van der Waals surface area (Å²) >= 11 is 0. The predicted octanol–water partition coefficient (Wildman–Crippen LogP) is 16.9. The molecule has 0 bridgehead atoms. The molecule has 0 aliphatic heterocycles. The van der Waals surface area contributed by atoms with E-state index >= 15 is 0 Å². The van der Waals surface area contributed by atoms with E-state index in [1.807, 2.05) is 0 Å². The van der Waals surface area contributed by atoms with Gasteiger partial charge in [-0.1, -0.05) is 253 Å². The molecule has 0 saturated carbocycles. The molecule has 0 amide bonds. The van der Waals surface area contributed by atoms with Crippen LogP contribution >= 0.6 is 0 Å². The highest BCUT2D eigenvalue weighted by molar-refractivity contribution is 5.71. The molecule has 0 aromatic heterocycles. The fourth-order valence-electron chi connectivity index (χ4n) is 7.99. The minimum Gasteiger partial charge on any atom is -0.462 e. The van der Waals surface area contributed by atoms with Crippen LogP contribution in [0.1, 0.15) is 291 Å². The van der Waals surface area contributed by atoms with Crippen LogP contribution in [0, 0.1) is 11.8 Å². The molecular formula is C53H102O6.